The number of nitrogens with one attached hydrogen (secondary N) is 8. The number of phenolic OH excluding ortho intramolecular Hbond substituents is 1. The molecule has 0 aliphatic heterocycles. The van der Waals surface area contributed by atoms with Crippen LogP contribution in [0.5, 0.6) is 5.75 Å². The topological polar surface area (TPSA) is 477 Å². The molecule has 0 saturated heterocycles. The van der Waals surface area contributed by atoms with Gasteiger partial charge in [-0.2, -0.15) is 24.4 Å². The SMILES string of the molecule is CC[C@H](C)[C@H](NC(=O)[C@H](Cc1ccc(O)cc1)NC(=O)CC1(SCCC(N)=O)CCCCC1)C(=O)N[C@H](C(=O)N[C@@H](CC(N)=O)C(=O)N[C@@H](CS)C(=O)NCC(=O)N[C@@H](CCCN)C(=O)N[C@@H](Cc1ccc(N=[N+]=[N-])c(I)c1)C(N)=O)[C@@H](C)O. The number of aliphatic hydroxyl groups excluding tert-OH is 1. The fraction of sp³-hybridized carbons (Fsp3) is 0.566. The Morgan fingerprint density at radius 2 is 1.30 bits per heavy atom. The first-order valence-corrected chi connectivity index (χ1v) is 29.9. The first kappa shape index (κ1) is 71.3. The van der Waals surface area contributed by atoms with Gasteiger partial charge in [0.25, 0.3) is 0 Å². The third-order valence-electron chi connectivity index (χ3n) is 13.8. The number of nitrogens with zero attached hydrogens (tertiary/aromatic N) is 3. The minimum Gasteiger partial charge on any atom is -0.508 e. The number of phenols is 1. The zero-order chi connectivity index (χ0) is 62.7. The lowest BCUT2D eigenvalue weighted by Gasteiger charge is -2.37. The van der Waals surface area contributed by atoms with Gasteiger partial charge in [0.05, 0.1) is 24.8 Å². The lowest BCUT2D eigenvalue weighted by molar-refractivity contribution is -0.138. The smallest absolute Gasteiger partial charge is 0.245 e. The molecular weight excluding hydrogens is 1250 g/mol. The number of carbonyl (C=O) groups is 11. The number of nitrogens with two attached hydrogens (primary N) is 4. The van der Waals surface area contributed by atoms with E-state index < -0.39 is 143 Å². The molecule has 1 saturated carbocycles. The number of hydrogen-bond acceptors (Lipinski definition) is 17. The summed E-state index contributed by atoms with van der Waals surface area (Å²) in [6.07, 6.45) is 2.18. The van der Waals surface area contributed by atoms with Crippen molar-refractivity contribution in [2.24, 2.45) is 34.0 Å². The van der Waals surface area contributed by atoms with Crippen LogP contribution in [0.2, 0.25) is 0 Å². The summed E-state index contributed by atoms with van der Waals surface area (Å²) >= 11 is 7.58. The Hall–Kier alpha value is -6.93. The summed E-state index contributed by atoms with van der Waals surface area (Å²) in [6, 6.07) is 0.397. The molecule has 462 valence electrons. The Kier molecular flexibility index (Phi) is 30.6. The monoisotopic (exact) mass is 1320 g/mol. The Morgan fingerprint density at radius 3 is 1.87 bits per heavy atom. The van der Waals surface area contributed by atoms with E-state index in [-0.39, 0.29) is 50.8 Å². The number of aromatic hydroxyl groups is 1. The third kappa shape index (κ3) is 24.3. The molecule has 1 aliphatic rings. The number of carbonyl (C=O) groups excluding carboxylic acids is 11. The van der Waals surface area contributed by atoms with Crippen LogP contribution in [0.4, 0.5) is 5.69 Å². The largest absolute Gasteiger partial charge is 0.508 e. The van der Waals surface area contributed by atoms with E-state index in [1.165, 1.54) is 30.0 Å². The quantitative estimate of drug-likeness (QED) is 0.0133. The van der Waals surface area contributed by atoms with Crippen LogP contribution < -0.4 is 65.5 Å². The minimum atomic E-state index is -1.83. The summed E-state index contributed by atoms with van der Waals surface area (Å²) in [7, 11) is 0. The number of rotatable bonds is 36. The van der Waals surface area contributed by atoms with Crippen LogP contribution in [-0.4, -0.2) is 153 Å². The fourth-order valence-corrected chi connectivity index (χ4v) is 11.4. The molecular formula is C53H78IN15O13S2. The molecule has 84 heavy (non-hydrogen) atoms. The predicted octanol–water partition coefficient (Wildman–Crippen LogP) is -0.609. The number of primary amides is 3. The van der Waals surface area contributed by atoms with Gasteiger partial charge in [0, 0.05) is 50.4 Å². The number of thioether (sulfide) groups is 1. The van der Waals surface area contributed by atoms with Crippen molar-refractivity contribution in [1.29, 1.82) is 0 Å². The van der Waals surface area contributed by atoms with Crippen LogP contribution >= 0.6 is 47.0 Å². The van der Waals surface area contributed by atoms with Crippen molar-refractivity contribution >= 4 is 118 Å². The van der Waals surface area contributed by atoms with Crippen LogP contribution in [0.1, 0.15) is 103 Å². The van der Waals surface area contributed by atoms with Crippen molar-refractivity contribution in [2.45, 2.75) is 157 Å². The molecule has 0 heterocycles. The maximum absolute atomic E-state index is 14.3. The molecule has 2 aromatic rings. The Morgan fingerprint density at radius 1 is 0.726 bits per heavy atom. The molecule has 9 atom stereocenters. The van der Waals surface area contributed by atoms with E-state index in [1.807, 2.05) is 22.6 Å². The summed E-state index contributed by atoms with van der Waals surface area (Å²) in [5.74, 6) is -10.3. The van der Waals surface area contributed by atoms with Crippen molar-refractivity contribution in [3.8, 4) is 5.75 Å². The Balaban J connectivity index is 1.74. The van der Waals surface area contributed by atoms with Crippen molar-refractivity contribution in [1.82, 2.24) is 42.5 Å². The normalized spacial score (nSPS) is 15.8. The van der Waals surface area contributed by atoms with Crippen LogP contribution in [0.15, 0.2) is 47.6 Å². The molecule has 18 N–H and O–H groups in total. The van der Waals surface area contributed by atoms with Gasteiger partial charge in [0.1, 0.15) is 48.0 Å². The number of thiol groups is 1. The van der Waals surface area contributed by atoms with Gasteiger partial charge in [-0.1, -0.05) is 68.9 Å². The van der Waals surface area contributed by atoms with Gasteiger partial charge in [0.15, 0.2) is 0 Å². The minimum absolute atomic E-state index is 0.0115. The number of amides is 11. The second-order valence-corrected chi connectivity index (χ2v) is 23.6. The standard InChI is InChI=1S/C53H78IN15O13S2/c1-4-28(2)44(66-50(80)37(22-30-10-13-32(71)14-11-30)62-42(74)25-53(17-6-5-7-18-53)84-20-16-40(56)72)51(81)67-45(29(3)70)52(82)64-38(24-41(57)73)49(79)65-39(27-83)47(77)60-26-43(75)61-35(9-8-19-55)48(78)63-36(46(58)76)23-31-12-15-34(68-69-59)33(54)21-31/h10-15,21,28-29,35-39,44-45,70-71,83H,4-9,16-20,22-27,55H2,1-3H3,(H2,56,72)(H2,57,73)(H2,58,76)(H,60,77)(H,61,75)(H,62,74)(H,63,78)(H,64,82)(H,65,79)(H,66,80)(H,67,81)/t28-,29+,35-,36-,37-,38-,39-,44-,45-/m0/s1. The van der Waals surface area contributed by atoms with E-state index >= 15 is 0 Å². The molecule has 1 fully saturated rings. The molecule has 28 nitrogen and oxygen atoms in total. The van der Waals surface area contributed by atoms with Gasteiger partial charge < -0.3 is 75.7 Å². The van der Waals surface area contributed by atoms with E-state index in [0.717, 1.165) is 26.2 Å². The molecule has 31 heteroatoms. The second-order valence-electron chi connectivity index (χ2n) is 20.5. The van der Waals surface area contributed by atoms with Gasteiger partial charge >= 0.3 is 0 Å². The molecule has 0 bridgehead atoms. The molecule has 0 spiro atoms. The van der Waals surface area contributed by atoms with Crippen LogP contribution in [0.25, 0.3) is 10.4 Å². The lowest BCUT2D eigenvalue weighted by atomic mass is 9.85. The fourth-order valence-electron chi connectivity index (χ4n) is 8.96. The third-order valence-corrected chi connectivity index (χ3v) is 16.6. The molecule has 3 rings (SSSR count). The maximum atomic E-state index is 14.3. The van der Waals surface area contributed by atoms with Gasteiger partial charge in [-0.25, -0.2) is 0 Å². The molecule has 0 aromatic heterocycles. The molecule has 2 aromatic carbocycles. The number of hydrogen-bond donors (Lipinski definition) is 15. The van der Waals surface area contributed by atoms with E-state index in [1.54, 1.807) is 38.1 Å². The Bertz CT molecular complexity index is 2700. The summed E-state index contributed by atoms with van der Waals surface area (Å²) in [5.41, 5.74) is 32.4. The molecule has 1 aliphatic carbocycles. The number of halogens is 1. The molecule has 11 amide bonds. The van der Waals surface area contributed by atoms with Gasteiger partial charge in [-0.15, -0.1) is 0 Å². The molecule has 0 radical (unpaired) electrons. The van der Waals surface area contributed by atoms with Crippen molar-refractivity contribution in [3.05, 3.63) is 67.6 Å². The maximum Gasteiger partial charge on any atom is 0.245 e. The highest BCUT2D eigenvalue weighted by molar-refractivity contribution is 14.1. The second kappa shape index (κ2) is 36.0. The summed E-state index contributed by atoms with van der Waals surface area (Å²) in [6.45, 7) is 3.90. The summed E-state index contributed by atoms with van der Waals surface area (Å²) in [4.78, 5) is 149. The average Bonchev–Trinajstić information content (AvgIpc) is 3.44. The van der Waals surface area contributed by atoms with E-state index in [4.69, 9.17) is 28.5 Å². The predicted molar refractivity (Wildman–Crippen MR) is 323 cm³/mol. The number of azide groups is 1. The van der Waals surface area contributed by atoms with E-state index in [0.29, 0.717) is 45.4 Å². The van der Waals surface area contributed by atoms with Crippen molar-refractivity contribution in [3.63, 3.8) is 0 Å². The average molecular weight is 1320 g/mol. The van der Waals surface area contributed by atoms with E-state index in [2.05, 4.69) is 65.2 Å². The zero-order valence-corrected chi connectivity index (χ0v) is 50.9. The first-order valence-electron chi connectivity index (χ1n) is 27.2. The number of aliphatic hydroxyl groups is 1. The van der Waals surface area contributed by atoms with Gasteiger partial charge in [0.2, 0.25) is 65.0 Å². The first-order chi connectivity index (χ1) is 39.7. The lowest BCUT2D eigenvalue weighted by Crippen LogP contribution is -2.62. The zero-order valence-electron chi connectivity index (χ0n) is 47.0. The van der Waals surface area contributed by atoms with Crippen molar-refractivity contribution < 1.29 is 63.0 Å². The molecule has 0 unspecified atom stereocenters. The summed E-state index contributed by atoms with van der Waals surface area (Å²) < 4.78 is 0.0598. The van der Waals surface area contributed by atoms with Crippen LogP contribution in [0, 0.1) is 9.49 Å². The Labute approximate surface area is 509 Å². The van der Waals surface area contributed by atoms with Crippen LogP contribution in [-0.2, 0) is 65.6 Å². The van der Waals surface area contributed by atoms with Gasteiger partial charge in [-0.3, -0.25) is 52.7 Å². The summed E-state index contributed by atoms with van der Waals surface area (Å²) in [5, 5.41) is 44.3. The highest BCUT2D eigenvalue weighted by Crippen LogP contribution is 2.43. The van der Waals surface area contributed by atoms with Crippen molar-refractivity contribution in [2.75, 3.05) is 24.6 Å². The number of benzene rings is 2. The van der Waals surface area contributed by atoms with Crippen LogP contribution in [0.3, 0.4) is 0 Å². The highest BCUT2D eigenvalue weighted by Gasteiger charge is 2.39. The van der Waals surface area contributed by atoms with E-state index in [9.17, 15) is 63.0 Å². The highest BCUT2D eigenvalue weighted by atomic mass is 127. The van der Waals surface area contributed by atoms with Gasteiger partial charge in [-0.05, 0) is 103 Å².